The van der Waals surface area contributed by atoms with Crippen molar-refractivity contribution in [1.29, 1.82) is 5.26 Å². The van der Waals surface area contributed by atoms with Crippen molar-refractivity contribution in [2.45, 2.75) is 44.4 Å². The van der Waals surface area contributed by atoms with Crippen LogP contribution >= 0.6 is 0 Å². The molecule has 1 aliphatic carbocycles. The lowest BCUT2D eigenvalue weighted by atomic mass is 9.96. The molecule has 3 heterocycles. The molecule has 2 aromatic heterocycles. The van der Waals surface area contributed by atoms with Crippen LogP contribution in [0, 0.1) is 16.7 Å². The van der Waals surface area contributed by atoms with Crippen molar-refractivity contribution in [3.05, 3.63) is 53.9 Å². The third-order valence-electron chi connectivity index (χ3n) is 7.39. The number of hydrogen-bond donors (Lipinski definition) is 3. The van der Waals surface area contributed by atoms with Gasteiger partial charge in [0, 0.05) is 32.0 Å². The van der Waals surface area contributed by atoms with Crippen molar-refractivity contribution < 1.29 is 19.4 Å². The topological polar surface area (TPSA) is 146 Å². The van der Waals surface area contributed by atoms with Crippen molar-refractivity contribution in [3.8, 4) is 17.2 Å². The van der Waals surface area contributed by atoms with Crippen LogP contribution in [-0.4, -0.2) is 63.8 Å². The van der Waals surface area contributed by atoms with Crippen LogP contribution in [0.2, 0.25) is 0 Å². The number of amides is 2. The number of carbonyl (C=O) groups is 2. The minimum Gasteiger partial charge on any atom is -0.386 e. The van der Waals surface area contributed by atoms with Gasteiger partial charge in [0.15, 0.2) is 0 Å². The number of carbonyl (C=O) groups excluding carboxylic acids is 2. The van der Waals surface area contributed by atoms with Crippen LogP contribution < -0.4 is 11.1 Å². The molecule has 5 rings (SSSR count). The Labute approximate surface area is 214 Å². The van der Waals surface area contributed by atoms with E-state index in [1.807, 2.05) is 36.5 Å². The number of nitrogens with one attached hydrogen (secondary N) is 1. The fourth-order valence-corrected chi connectivity index (χ4v) is 4.93. The summed E-state index contributed by atoms with van der Waals surface area (Å²) in [5.41, 5.74) is 7.81. The number of fused-ring (bicyclic) bond motifs is 1. The molecule has 0 unspecified atom stereocenters. The summed E-state index contributed by atoms with van der Waals surface area (Å²) in [7, 11) is 1.58. The highest BCUT2D eigenvalue weighted by molar-refractivity contribution is 6.02. The number of rotatable bonds is 7. The first-order valence-corrected chi connectivity index (χ1v) is 12.2. The Morgan fingerprint density at radius 2 is 1.95 bits per heavy atom. The van der Waals surface area contributed by atoms with E-state index in [1.165, 1.54) is 6.20 Å². The molecule has 2 atom stereocenters. The number of hydrogen-bond acceptors (Lipinski definition) is 7. The molecule has 2 amide bonds. The number of anilines is 1. The highest BCUT2D eigenvalue weighted by Crippen LogP contribution is 2.47. The second-order valence-electron chi connectivity index (χ2n) is 10.4. The van der Waals surface area contributed by atoms with Gasteiger partial charge in [-0.05, 0) is 43.9 Å². The van der Waals surface area contributed by atoms with Crippen LogP contribution in [0.5, 0.6) is 0 Å². The lowest BCUT2D eigenvalue weighted by Crippen LogP contribution is -2.37. The molecule has 0 bridgehead atoms. The van der Waals surface area contributed by atoms with E-state index in [4.69, 9.17) is 10.5 Å². The van der Waals surface area contributed by atoms with Crippen molar-refractivity contribution in [2.75, 3.05) is 25.5 Å². The summed E-state index contributed by atoms with van der Waals surface area (Å²) < 4.78 is 7.34. The van der Waals surface area contributed by atoms with E-state index in [0.717, 1.165) is 16.7 Å². The molecule has 2 aliphatic rings. The molecule has 2 fully saturated rings. The molecule has 1 saturated carbocycles. The van der Waals surface area contributed by atoms with Gasteiger partial charge in [0.1, 0.15) is 5.41 Å². The quantitative estimate of drug-likeness (QED) is 0.449. The van der Waals surface area contributed by atoms with Crippen LogP contribution in [0.25, 0.3) is 16.6 Å². The number of ether oxygens (including phenoxy) is 1. The Kier molecular flexibility index (Phi) is 5.93. The number of benzene rings is 1. The van der Waals surface area contributed by atoms with Crippen molar-refractivity contribution in [2.24, 2.45) is 11.1 Å². The Hall–Kier alpha value is -3.94. The smallest absolute Gasteiger partial charge is 0.252 e. The maximum atomic E-state index is 13.0. The summed E-state index contributed by atoms with van der Waals surface area (Å²) >= 11 is 0. The molecule has 10 nitrogen and oxygen atoms in total. The second kappa shape index (κ2) is 8.87. The third-order valence-corrected chi connectivity index (χ3v) is 7.39. The van der Waals surface area contributed by atoms with E-state index < -0.39 is 16.9 Å². The first-order valence-electron chi connectivity index (χ1n) is 12.2. The molecule has 10 heteroatoms. The monoisotopic (exact) mass is 502 g/mol. The summed E-state index contributed by atoms with van der Waals surface area (Å²) in [5, 5.41) is 27.5. The van der Waals surface area contributed by atoms with Gasteiger partial charge in [-0.3, -0.25) is 9.59 Å². The average Bonchev–Trinajstić information content (AvgIpc) is 3.37. The standard InChI is InChI=1S/C27H30N6O4/c1-26(2,36)18-6-4-16(5-7-18)17-10-21-23(19(24(29)34)11-30-33(21)12-17)31-20-13-32(14-22(20)37-3)25(35)27(15-28)8-9-27/h4-7,10-12,20,22,31,36H,8-9,13-14H2,1-3H3,(H2,29,34)/t20-,22-/m1/s1. The SMILES string of the molecule is CO[C@@H]1CN(C(=O)C2(C#N)CC2)C[C@H]1Nc1c(C(N)=O)cnn2cc(-c3ccc(C(C)(C)O)cc3)cc12. The lowest BCUT2D eigenvalue weighted by molar-refractivity contribution is -0.134. The number of methoxy groups -OCH3 is 1. The summed E-state index contributed by atoms with van der Waals surface area (Å²) in [6, 6.07) is 11.4. The summed E-state index contributed by atoms with van der Waals surface area (Å²) in [6.07, 6.45) is 4.10. The van der Waals surface area contributed by atoms with E-state index in [-0.39, 0.29) is 23.6 Å². The third kappa shape index (κ3) is 4.41. The van der Waals surface area contributed by atoms with Crippen molar-refractivity contribution >= 4 is 23.0 Å². The largest absolute Gasteiger partial charge is 0.386 e. The predicted octanol–water partition coefficient (Wildman–Crippen LogP) is 2.27. The molecule has 0 radical (unpaired) electrons. The number of aliphatic hydroxyl groups is 1. The average molecular weight is 503 g/mol. The maximum Gasteiger partial charge on any atom is 0.252 e. The van der Waals surface area contributed by atoms with Gasteiger partial charge in [-0.2, -0.15) is 10.4 Å². The van der Waals surface area contributed by atoms with Crippen LogP contribution in [0.4, 0.5) is 5.69 Å². The van der Waals surface area contributed by atoms with Gasteiger partial charge in [-0.25, -0.2) is 4.52 Å². The molecular formula is C27H30N6O4. The lowest BCUT2D eigenvalue weighted by Gasteiger charge is -2.21. The first kappa shape index (κ1) is 24.7. The Bertz CT molecular complexity index is 1410. The highest BCUT2D eigenvalue weighted by atomic mass is 16.5. The van der Waals surface area contributed by atoms with E-state index in [2.05, 4.69) is 16.5 Å². The molecule has 1 aliphatic heterocycles. The van der Waals surface area contributed by atoms with Crippen LogP contribution in [0.15, 0.2) is 42.7 Å². The van der Waals surface area contributed by atoms with E-state index >= 15 is 0 Å². The minimum atomic E-state index is -0.945. The summed E-state index contributed by atoms with van der Waals surface area (Å²) in [5.74, 6) is -0.799. The van der Waals surface area contributed by atoms with Crippen LogP contribution in [0.3, 0.4) is 0 Å². The van der Waals surface area contributed by atoms with Crippen molar-refractivity contribution in [1.82, 2.24) is 14.5 Å². The number of aromatic nitrogens is 2. The van der Waals surface area contributed by atoms with Gasteiger partial charge in [0.2, 0.25) is 5.91 Å². The number of nitrogens with zero attached hydrogens (tertiary/aromatic N) is 4. The zero-order valence-electron chi connectivity index (χ0n) is 21.1. The fourth-order valence-electron chi connectivity index (χ4n) is 4.93. The fraction of sp³-hybridized carbons (Fsp3) is 0.407. The number of likely N-dealkylation sites (tertiary alicyclic amines) is 1. The number of nitriles is 1. The zero-order valence-corrected chi connectivity index (χ0v) is 21.1. The predicted molar refractivity (Wildman–Crippen MR) is 136 cm³/mol. The summed E-state index contributed by atoms with van der Waals surface area (Å²) in [4.78, 5) is 27.0. The normalized spacial score (nSPS) is 20.6. The Balaban J connectivity index is 1.48. The molecule has 192 valence electrons. The molecule has 1 saturated heterocycles. The highest BCUT2D eigenvalue weighted by Gasteiger charge is 2.54. The molecule has 3 aromatic rings. The minimum absolute atomic E-state index is 0.171. The molecule has 1 aromatic carbocycles. The van der Waals surface area contributed by atoms with Gasteiger partial charge in [0.05, 0.1) is 46.8 Å². The Morgan fingerprint density at radius 3 is 2.51 bits per heavy atom. The van der Waals surface area contributed by atoms with Gasteiger partial charge in [-0.15, -0.1) is 0 Å². The van der Waals surface area contributed by atoms with E-state index in [1.54, 1.807) is 30.4 Å². The molecule has 37 heavy (non-hydrogen) atoms. The van der Waals surface area contributed by atoms with Crippen molar-refractivity contribution in [3.63, 3.8) is 0 Å². The van der Waals surface area contributed by atoms with Crippen LogP contribution in [-0.2, 0) is 15.1 Å². The van der Waals surface area contributed by atoms with Crippen LogP contribution in [0.1, 0.15) is 42.6 Å². The van der Waals surface area contributed by atoms with E-state index in [9.17, 15) is 20.0 Å². The molecular weight excluding hydrogens is 472 g/mol. The Morgan fingerprint density at radius 1 is 1.24 bits per heavy atom. The van der Waals surface area contributed by atoms with Gasteiger partial charge in [0.25, 0.3) is 5.91 Å². The molecule has 0 spiro atoms. The first-order chi connectivity index (χ1) is 17.6. The number of nitrogens with two attached hydrogens (primary N) is 1. The number of primary amides is 1. The second-order valence-corrected chi connectivity index (χ2v) is 10.4. The zero-order chi connectivity index (χ0) is 26.5. The van der Waals surface area contributed by atoms with Gasteiger partial charge < -0.3 is 25.8 Å². The maximum absolute atomic E-state index is 13.0. The van der Waals surface area contributed by atoms with E-state index in [0.29, 0.717) is 37.1 Å². The van der Waals surface area contributed by atoms with Gasteiger partial charge >= 0.3 is 0 Å². The summed E-state index contributed by atoms with van der Waals surface area (Å²) in [6.45, 7) is 4.15. The molecule has 4 N–H and O–H groups in total. The van der Waals surface area contributed by atoms with Gasteiger partial charge in [-0.1, -0.05) is 24.3 Å².